The molecule has 3 nitrogen and oxygen atoms in total. The number of rotatable bonds is 3. The highest BCUT2D eigenvalue weighted by Crippen LogP contribution is 2.39. The molecule has 0 aliphatic carbocycles. The third kappa shape index (κ3) is 3.84. The number of hydrogen-bond donors (Lipinski definition) is 0. The van der Waals surface area contributed by atoms with E-state index >= 15 is 0 Å². The van der Waals surface area contributed by atoms with Gasteiger partial charge in [0.1, 0.15) is 0 Å². The third-order valence-electron chi connectivity index (χ3n) is 9.18. The fourth-order valence-corrected chi connectivity index (χ4v) is 8.08. The third-order valence-corrected chi connectivity index (χ3v) is 10.3. The second kappa shape index (κ2) is 9.83. The molecule has 0 radical (unpaired) electrons. The number of hydrogen-bond acceptors (Lipinski definition) is 3. The van der Waals surface area contributed by atoms with Crippen LogP contribution in [0.15, 0.2) is 152 Å². The molecule has 10 rings (SSSR count). The van der Waals surface area contributed by atoms with Gasteiger partial charge >= 0.3 is 0 Å². The maximum atomic E-state index is 5.33. The van der Waals surface area contributed by atoms with E-state index < -0.39 is 0 Å². The van der Waals surface area contributed by atoms with E-state index in [2.05, 4.69) is 150 Å². The van der Waals surface area contributed by atoms with Crippen LogP contribution in [-0.4, -0.2) is 14.5 Å². The number of aromatic nitrogens is 3. The molecule has 214 valence electrons. The van der Waals surface area contributed by atoms with Crippen LogP contribution in [0.1, 0.15) is 0 Å². The highest BCUT2D eigenvalue weighted by Gasteiger charge is 2.18. The topological polar surface area (TPSA) is 30.7 Å². The summed E-state index contributed by atoms with van der Waals surface area (Å²) in [6.07, 6.45) is 0. The van der Waals surface area contributed by atoms with Crippen LogP contribution in [0, 0.1) is 0 Å². The van der Waals surface area contributed by atoms with Crippen molar-refractivity contribution in [2.75, 3.05) is 0 Å². The fraction of sp³-hybridized carbons (Fsp3) is 0. The zero-order chi connectivity index (χ0) is 30.2. The molecule has 0 saturated carbocycles. The summed E-state index contributed by atoms with van der Waals surface area (Å²) < 4.78 is 4.86. The summed E-state index contributed by atoms with van der Waals surface area (Å²) >= 11 is 1.85. The molecule has 10 aromatic rings. The van der Waals surface area contributed by atoms with Crippen LogP contribution in [0.4, 0.5) is 0 Å². The lowest BCUT2D eigenvalue weighted by molar-refractivity contribution is 1.01. The molecule has 0 aliphatic heterocycles. The number of benzene rings is 7. The second-order valence-corrected chi connectivity index (χ2v) is 12.9. The van der Waals surface area contributed by atoms with Gasteiger partial charge in [-0.15, -0.1) is 11.3 Å². The lowest BCUT2D eigenvalue weighted by Crippen LogP contribution is -2.03. The molecule has 0 unspecified atom stereocenters. The van der Waals surface area contributed by atoms with Gasteiger partial charge in [-0.1, -0.05) is 103 Å². The van der Waals surface area contributed by atoms with Crippen LogP contribution in [-0.2, 0) is 0 Å². The first-order valence-corrected chi connectivity index (χ1v) is 16.3. The minimum Gasteiger partial charge on any atom is -0.278 e. The molecule has 0 amide bonds. The van der Waals surface area contributed by atoms with Gasteiger partial charge in [-0.25, -0.2) is 9.97 Å². The molecule has 0 atom stereocenters. The Morgan fingerprint density at radius 3 is 2.00 bits per heavy atom. The van der Waals surface area contributed by atoms with Crippen molar-refractivity contribution in [3.63, 3.8) is 0 Å². The molecule has 0 saturated heterocycles. The highest BCUT2D eigenvalue weighted by atomic mass is 32.1. The Kier molecular flexibility index (Phi) is 5.45. The van der Waals surface area contributed by atoms with Crippen LogP contribution in [0.3, 0.4) is 0 Å². The maximum absolute atomic E-state index is 5.33. The normalized spacial score (nSPS) is 11.9. The number of fused-ring (bicyclic) bond motifs is 8. The maximum Gasteiger partial charge on any atom is 0.235 e. The van der Waals surface area contributed by atoms with Crippen molar-refractivity contribution < 1.29 is 0 Å². The van der Waals surface area contributed by atoms with Crippen LogP contribution >= 0.6 is 11.3 Å². The molecular weight excluding hydrogens is 579 g/mol. The predicted molar refractivity (Wildman–Crippen MR) is 195 cm³/mol. The molecule has 3 aromatic heterocycles. The minimum atomic E-state index is 0.671. The summed E-state index contributed by atoms with van der Waals surface area (Å²) in [6, 6.07) is 54.3. The Morgan fingerprint density at radius 1 is 0.413 bits per heavy atom. The monoisotopic (exact) mass is 603 g/mol. The SMILES string of the molecule is c1ccc(-c2nc(-n3c4ccccc4c4cc5ccccc5cc43)nc3cc(-c4ccc5sc6ccccc6c5c4)ccc23)cc1. The Hall–Kier alpha value is -5.84. The van der Waals surface area contributed by atoms with Crippen LogP contribution in [0.5, 0.6) is 0 Å². The summed E-state index contributed by atoms with van der Waals surface area (Å²) in [5.74, 6) is 0.671. The quantitative estimate of drug-likeness (QED) is 0.201. The van der Waals surface area contributed by atoms with Gasteiger partial charge in [-0.2, -0.15) is 0 Å². The molecule has 4 heteroatoms. The Morgan fingerprint density at radius 2 is 1.11 bits per heavy atom. The predicted octanol–water partition coefficient (Wildman–Crippen LogP) is 11.6. The van der Waals surface area contributed by atoms with E-state index in [0.29, 0.717) is 5.95 Å². The lowest BCUT2D eigenvalue weighted by atomic mass is 9.99. The summed E-state index contributed by atoms with van der Waals surface area (Å²) in [7, 11) is 0. The van der Waals surface area contributed by atoms with E-state index in [1.807, 2.05) is 17.4 Å². The number of nitrogens with zero attached hydrogens (tertiary/aromatic N) is 3. The van der Waals surface area contributed by atoms with Crippen molar-refractivity contribution in [2.24, 2.45) is 0 Å². The van der Waals surface area contributed by atoms with Crippen molar-refractivity contribution in [3.8, 4) is 28.3 Å². The Labute approximate surface area is 268 Å². The van der Waals surface area contributed by atoms with Crippen molar-refractivity contribution >= 4 is 75.0 Å². The zero-order valence-electron chi connectivity index (χ0n) is 24.7. The largest absolute Gasteiger partial charge is 0.278 e. The molecule has 46 heavy (non-hydrogen) atoms. The molecule has 7 aromatic carbocycles. The Balaban J connectivity index is 1.25. The molecular formula is C42H25N3S. The number of para-hydroxylation sites is 1. The lowest BCUT2D eigenvalue weighted by Gasteiger charge is -2.13. The van der Waals surface area contributed by atoms with Crippen LogP contribution in [0.2, 0.25) is 0 Å². The van der Waals surface area contributed by atoms with Gasteiger partial charge in [-0.3, -0.25) is 4.57 Å². The van der Waals surface area contributed by atoms with Crippen molar-refractivity contribution in [3.05, 3.63) is 152 Å². The van der Waals surface area contributed by atoms with Gasteiger partial charge in [0.15, 0.2) is 0 Å². The van der Waals surface area contributed by atoms with E-state index in [-0.39, 0.29) is 0 Å². The van der Waals surface area contributed by atoms with Gasteiger partial charge < -0.3 is 0 Å². The molecule has 0 bridgehead atoms. The van der Waals surface area contributed by atoms with E-state index in [4.69, 9.17) is 9.97 Å². The molecule has 0 fully saturated rings. The van der Waals surface area contributed by atoms with Gasteiger partial charge in [0.2, 0.25) is 5.95 Å². The van der Waals surface area contributed by atoms with Gasteiger partial charge in [0.05, 0.1) is 22.2 Å². The highest BCUT2D eigenvalue weighted by molar-refractivity contribution is 7.25. The van der Waals surface area contributed by atoms with Gasteiger partial charge in [0, 0.05) is 41.9 Å². The van der Waals surface area contributed by atoms with Gasteiger partial charge in [0.25, 0.3) is 0 Å². The van der Waals surface area contributed by atoms with Crippen molar-refractivity contribution in [1.29, 1.82) is 0 Å². The molecule has 0 aliphatic rings. The summed E-state index contributed by atoms with van der Waals surface area (Å²) in [5.41, 5.74) is 7.44. The van der Waals surface area contributed by atoms with E-state index in [1.165, 1.54) is 47.3 Å². The average Bonchev–Trinajstić information content (AvgIpc) is 3.65. The molecule has 3 heterocycles. The first kappa shape index (κ1) is 25.5. The number of thiophene rings is 1. The molecule has 0 N–H and O–H groups in total. The van der Waals surface area contributed by atoms with Crippen LogP contribution in [0.25, 0.3) is 92.0 Å². The van der Waals surface area contributed by atoms with E-state index in [9.17, 15) is 0 Å². The fourth-order valence-electron chi connectivity index (χ4n) is 6.99. The first-order valence-electron chi connectivity index (χ1n) is 15.5. The summed E-state index contributed by atoms with van der Waals surface area (Å²) in [4.78, 5) is 10.6. The van der Waals surface area contributed by atoms with Gasteiger partial charge in [-0.05, 0) is 70.4 Å². The first-order chi connectivity index (χ1) is 22.8. The zero-order valence-corrected chi connectivity index (χ0v) is 25.5. The minimum absolute atomic E-state index is 0.671. The smallest absolute Gasteiger partial charge is 0.235 e. The molecule has 0 spiro atoms. The Bertz CT molecular complexity index is 2810. The summed E-state index contributed by atoms with van der Waals surface area (Å²) in [5, 5.41) is 8.45. The van der Waals surface area contributed by atoms with E-state index in [0.717, 1.165) is 38.8 Å². The summed E-state index contributed by atoms with van der Waals surface area (Å²) in [6.45, 7) is 0. The van der Waals surface area contributed by atoms with Crippen molar-refractivity contribution in [1.82, 2.24) is 14.5 Å². The standard InChI is InChI=1S/C42H25N3S/c1-2-10-26(11-3-1)41-33-20-18-30(29-19-21-40-35(23-29)32-15-7-9-17-39(32)46-40)24-36(33)43-42(44-41)45-37-16-8-6-14-31(37)34-22-27-12-4-5-13-28(27)25-38(34)45/h1-25H. The van der Waals surface area contributed by atoms with E-state index in [1.54, 1.807) is 0 Å². The average molecular weight is 604 g/mol. The van der Waals surface area contributed by atoms with Crippen molar-refractivity contribution in [2.45, 2.75) is 0 Å². The second-order valence-electron chi connectivity index (χ2n) is 11.8. The van der Waals surface area contributed by atoms with Crippen LogP contribution < -0.4 is 0 Å².